The molecule has 0 heterocycles. The van der Waals surface area contributed by atoms with Gasteiger partial charge < -0.3 is 5.32 Å². The van der Waals surface area contributed by atoms with E-state index in [1.165, 1.54) is 25.1 Å². The summed E-state index contributed by atoms with van der Waals surface area (Å²) in [5, 5.41) is 3.30. The Morgan fingerprint density at radius 2 is 1.81 bits per heavy atom. The summed E-state index contributed by atoms with van der Waals surface area (Å²) < 4.78 is 38.4. The average molecular weight is 574 g/mol. The summed E-state index contributed by atoms with van der Waals surface area (Å²) in [5.41, 5.74) is 2.94. The minimum Gasteiger partial charge on any atom is -0.351 e. The molecule has 0 radical (unpaired) electrons. The number of rotatable bonds is 11. The molecule has 1 fully saturated rings. The molecule has 37 heavy (non-hydrogen) atoms. The van der Waals surface area contributed by atoms with E-state index in [0.717, 1.165) is 43.1 Å². The van der Waals surface area contributed by atoms with Crippen molar-refractivity contribution < 1.29 is 22.4 Å². The number of carbonyl (C=O) groups is 2. The van der Waals surface area contributed by atoms with Gasteiger partial charge in [-0.15, -0.1) is 11.6 Å². The lowest BCUT2D eigenvalue weighted by Gasteiger charge is -2.35. The summed E-state index contributed by atoms with van der Waals surface area (Å²) in [6.45, 7) is 1.43. The van der Waals surface area contributed by atoms with E-state index in [0.29, 0.717) is 5.56 Å². The van der Waals surface area contributed by atoms with Gasteiger partial charge in [-0.2, -0.15) is 4.83 Å². The number of nitrogens with one attached hydrogen (secondary N) is 3. The molecule has 8 nitrogen and oxygen atoms in total. The fourth-order valence-electron chi connectivity index (χ4n) is 4.25. The van der Waals surface area contributed by atoms with Gasteiger partial charge in [0.25, 0.3) is 0 Å². The van der Waals surface area contributed by atoms with E-state index in [1.807, 2.05) is 0 Å². The van der Waals surface area contributed by atoms with Crippen molar-refractivity contribution in [2.75, 3.05) is 16.5 Å². The number of hydrazine groups is 1. The predicted octanol–water partition coefficient (Wildman–Crippen LogP) is 4.05. The van der Waals surface area contributed by atoms with E-state index in [2.05, 4.69) is 15.6 Å². The van der Waals surface area contributed by atoms with Crippen molar-refractivity contribution in [1.82, 2.24) is 15.6 Å². The number of sulfonamides is 1. The van der Waals surface area contributed by atoms with E-state index >= 15 is 0 Å². The summed E-state index contributed by atoms with van der Waals surface area (Å²) in [6, 6.07) is 9.48. The van der Waals surface area contributed by atoms with Crippen LogP contribution in [0.4, 0.5) is 10.1 Å². The standard InChI is InChI=1S/C25H31Cl2FN4O4S/c1-17(30-31-37(35,36)15-14-26)25(34)32(20-11-7-8-18(28)16-20)23(21-12-5-6-13-22(21)27)24(33)29-19-9-3-2-4-10-19/h5-8,11-13,16-17,19,23,30-31H,2-4,9-10,14-15H2,1H3,(H,29,33)/t17-,23?/m1/s1. The fourth-order valence-corrected chi connectivity index (χ4v) is 5.76. The second-order valence-corrected chi connectivity index (χ2v) is 11.6. The number of amides is 2. The van der Waals surface area contributed by atoms with Crippen LogP contribution in [0.25, 0.3) is 0 Å². The first-order valence-corrected chi connectivity index (χ1v) is 14.6. The Morgan fingerprint density at radius 1 is 1.11 bits per heavy atom. The van der Waals surface area contributed by atoms with Crippen LogP contribution >= 0.6 is 23.2 Å². The van der Waals surface area contributed by atoms with Gasteiger partial charge in [-0.25, -0.2) is 18.2 Å². The summed E-state index contributed by atoms with van der Waals surface area (Å²) in [4.78, 5) is 30.9. The highest BCUT2D eigenvalue weighted by atomic mass is 35.5. The van der Waals surface area contributed by atoms with Gasteiger partial charge in [0.1, 0.15) is 11.9 Å². The quantitative estimate of drug-likeness (QED) is 0.278. The minimum absolute atomic E-state index is 0.0615. The number of benzene rings is 2. The second kappa shape index (κ2) is 13.5. The molecular formula is C25H31Cl2FN4O4S. The Kier molecular flexibility index (Phi) is 10.7. The first kappa shape index (κ1) is 29.3. The predicted molar refractivity (Wildman–Crippen MR) is 143 cm³/mol. The smallest absolute Gasteiger partial charge is 0.248 e. The van der Waals surface area contributed by atoms with Crippen LogP contribution in [0.5, 0.6) is 0 Å². The zero-order chi connectivity index (χ0) is 27.0. The number of hydrogen-bond donors (Lipinski definition) is 3. The molecule has 0 aliphatic heterocycles. The van der Waals surface area contributed by atoms with Gasteiger partial charge in [-0.1, -0.05) is 55.1 Å². The molecule has 1 saturated carbocycles. The molecule has 3 rings (SSSR count). The molecule has 2 atom stereocenters. The lowest BCUT2D eigenvalue weighted by Crippen LogP contribution is -2.55. The number of nitrogens with zero attached hydrogens (tertiary/aromatic N) is 1. The third-order valence-electron chi connectivity index (χ3n) is 6.13. The largest absolute Gasteiger partial charge is 0.351 e. The van der Waals surface area contributed by atoms with Gasteiger partial charge in [0, 0.05) is 28.2 Å². The van der Waals surface area contributed by atoms with Crippen LogP contribution < -0.4 is 20.5 Å². The van der Waals surface area contributed by atoms with Crippen LogP contribution in [-0.2, 0) is 19.6 Å². The first-order chi connectivity index (χ1) is 17.6. The average Bonchev–Trinajstić information content (AvgIpc) is 2.86. The third kappa shape index (κ3) is 8.12. The monoisotopic (exact) mass is 572 g/mol. The molecule has 2 amide bonds. The first-order valence-electron chi connectivity index (χ1n) is 12.1. The normalized spacial score (nSPS) is 16.1. The van der Waals surface area contributed by atoms with Crippen LogP contribution in [0.2, 0.25) is 5.02 Å². The van der Waals surface area contributed by atoms with Crippen LogP contribution in [0.1, 0.15) is 50.6 Å². The Labute approximate surface area is 226 Å². The number of carbonyl (C=O) groups excluding carboxylic acids is 2. The molecule has 2 aromatic carbocycles. The molecule has 202 valence electrons. The number of hydrogen-bond acceptors (Lipinski definition) is 5. The zero-order valence-electron chi connectivity index (χ0n) is 20.4. The molecule has 0 spiro atoms. The Morgan fingerprint density at radius 3 is 2.46 bits per heavy atom. The van der Waals surface area contributed by atoms with Crippen molar-refractivity contribution in [3.63, 3.8) is 0 Å². The molecule has 3 N–H and O–H groups in total. The van der Waals surface area contributed by atoms with E-state index in [9.17, 15) is 22.4 Å². The number of alkyl halides is 1. The molecule has 0 aromatic heterocycles. The maximum atomic E-state index is 14.3. The minimum atomic E-state index is -3.80. The van der Waals surface area contributed by atoms with Crippen LogP contribution in [0, 0.1) is 5.82 Å². The van der Waals surface area contributed by atoms with Gasteiger partial charge in [0.15, 0.2) is 0 Å². The zero-order valence-corrected chi connectivity index (χ0v) is 22.8. The topological polar surface area (TPSA) is 108 Å². The molecule has 12 heteroatoms. The summed E-state index contributed by atoms with van der Waals surface area (Å²) >= 11 is 12.0. The molecule has 1 unspecified atom stereocenters. The summed E-state index contributed by atoms with van der Waals surface area (Å²) in [6.07, 6.45) is 4.69. The Hall–Kier alpha value is -2.24. The van der Waals surface area contributed by atoms with E-state index in [1.54, 1.807) is 24.3 Å². The molecule has 1 aliphatic rings. The highest BCUT2D eigenvalue weighted by Gasteiger charge is 2.37. The van der Waals surface area contributed by atoms with Crippen molar-refractivity contribution in [1.29, 1.82) is 0 Å². The molecular weight excluding hydrogens is 542 g/mol. The third-order valence-corrected chi connectivity index (χ3v) is 8.06. The number of halogens is 3. The molecule has 0 saturated heterocycles. The highest BCUT2D eigenvalue weighted by Crippen LogP contribution is 2.33. The summed E-state index contributed by atoms with van der Waals surface area (Å²) in [7, 11) is -3.80. The lowest BCUT2D eigenvalue weighted by atomic mass is 9.94. The van der Waals surface area contributed by atoms with Crippen LogP contribution in [0.3, 0.4) is 0 Å². The van der Waals surface area contributed by atoms with Gasteiger partial charge in [0.2, 0.25) is 21.8 Å². The second-order valence-electron chi connectivity index (χ2n) is 8.93. The van der Waals surface area contributed by atoms with Crippen molar-refractivity contribution in [3.8, 4) is 0 Å². The van der Waals surface area contributed by atoms with Gasteiger partial charge in [-0.05, 0) is 44.0 Å². The van der Waals surface area contributed by atoms with Crippen molar-refractivity contribution in [2.45, 2.75) is 57.2 Å². The Balaban J connectivity index is 2.03. The van der Waals surface area contributed by atoms with Gasteiger partial charge >= 0.3 is 0 Å². The van der Waals surface area contributed by atoms with Gasteiger partial charge in [-0.3, -0.25) is 14.5 Å². The lowest BCUT2D eigenvalue weighted by molar-refractivity contribution is -0.128. The number of anilines is 1. The van der Waals surface area contributed by atoms with Gasteiger partial charge in [0.05, 0.1) is 11.8 Å². The van der Waals surface area contributed by atoms with E-state index in [4.69, 9.17) is 23.2 Å². The molecule has 2 aromatic rings. The molecule has 1 aliphatic carbocycles. The SMILES string of the molecule is C[C@@H](NNS(=O)(=O)CCCl)C(=O)N(c1cccc(F)c1)C(C(=O)NC1CCCCC1)c1ccccc1Cl. The molecule has 0 bridgehead atoms. The van der Waals surface area contributed by atoms with Crippen molar-refractivity contribution in [3.05, 3.63) is 64.9 Å². The highest BCUT2D eigenvalue weighted by molar-refractivity contribution is 7.89. The fraction of sp³-hybridized carbons (Fsp3) is 0.440. The van der Waals surface area contributed by atoms with Crippen molar-refractivity contribution in [2.24, 2.45) is 0 Å². The van der Waals surface area contributed by atoms with E-state index < -0.39 is 39.7 Å². The Bertz CT molecular complexity index is 1190. The van der Waals surface area contributed by atoms with Crippen LogP contribution in [-0.4, -0.2) is 43.9 Å². The summed E-state index contributed by atoms with van der Waals surface area (Å²) in [5.74, 6) is -2.24. The maximum absolute atomic E-state index is 14.3. The van der Waals surface area contributed by atoms with E-state index in [-0.39, 0.29) is 28.4 Å². The van der Waals surface area contributed by atoms with Crippen molar-refractivity contribution >= 4 is 50.7 Å². The van der Waals surface area contributed by atoms with Crippen LogP contribution in [0.15, 0.2) is 48.5 Å². The maximum Gasteiger partial charge on any atom is 0.248 e.